The molecular weight excluding hydrogens is 407 g/mol. The Hall–Kier alpha value is -3.30. The lowest BCUT2D eigenvalue weighted by Gasteiger charge is -2.12. The molecule has 0 bridgehead atoms. The van der Waals surface area contributed by atoms with Gasteiger partial charge < -0.3 is 11.2 Å². The third-order valence-electron chi connectivity index (χ3n) is 3.77. The number of hydrogen-bond acceptors (Lipinski definition) is 7. The third kappa shape index (κ3) is 4.00. The molecule has 1 amide bonds. The Kier molecular flexibility index (Phi) is 5.67. The number of nitrogens with zero attached hydrogens (tertiary/aromatic N) is 4. The Balaban J connectivity index is 1.96. The van der Waals surface area contributed by atoms with E-state index in [4.69, 9.17) is 29.0 Å². The van der Waals surface area contributed by atoms with Crippen LogP contribution in [0.2, 0.25) is 10.0 Å². The molecule has 142 valence electrons. The molecule has 0 saturated heterocycles. The molecule has 1 aromatic heterocycles. The van der Waals surface area contributed by atoms with Gasteiger partial charge in [0.05, 0.1) is 27.9 Å². The van der Waals surface area contributed by atoms with Gasteiger partial charge in [0.1, 0.15) is 5.69 Å². The highest BCUT2D eigenvalue weighted by Gasteiger charge is 2.37. The molecular formula is C17H12Cl2N6O3. The topological polar surface area (TPSA) is 136 Å². The summed E-state index contributed by atoms with van der Waals surface area (Å²) < 4.78 is 0. The van der Waals surface area contributed by atoms with Crippen molar-refractivity contribution in [2.24, 2.45) is 10.9 Å². The zero-order chi connectivity index (χ0) is 20.3. The van der Waals surface area contributed by atoms with E-state index in [9.17, 15) is 14.9 Å². The normalized spacial score (nSPS) is 12.6. The number of nitrogens with two attached hydrogens (primary N) is 1. The Labute approximate surface area is 168 Å². The van der Waals surface area contributed by atoms with Crippen LogP contribution in [0.1, 0.15) is 11.7 Å². The summed E-state index contributed by atoms with van der Waals surface area (Å²) in [7, 11) is 0. The van der Waals surface area contributed by atoms with Crippen LogP contribution < -0.4 is 11.2 Å². The van der Waals surface area contributed by atoms with Crippen LogP contribution in [0.5, 0.6) is 0 Å². The lowest BCUT2D eigenvalue weighted by Crippen LogP contribution is -2.34. The molecule has 0 radical (unpaired) electrons. The van der Waals surface area contributed by atoms with Crippen molar-refractivity contribution >= 4 is 51.5 Å². The molecule has 9 nitrogen and oxygen atoms in total. The number of anilines is 1. The van der Waals surface area contributed by atoms with E-state index in [0.717, 1.165) is 0 Å². The van der Waals surface area contributed by atoms with Crippen molar-refractivity contribution in [1.29, 1.82) is 0 Å². The third-order valence-corrected chi connectivity index (χ3v) is 4.32. The van der Waals surface area contributed by atoms with Crippen LogP contribution >= 0.6 is 23.2 Å². The summed E-state index contributed by atoms with van der Waals surface area (Å²) in [5, 5.41) is 18.0. The summed E-state index contributed by atoms with van der Waals surface area (Å²) in [6, 6.07) is 9.49. The molecule has 0 saturated carbocycles. The molecule has 28 heavy (non-hydrogen) atoms. The molecule has 0 aliphatic rings. The van der Waals surface area contributed by atoms with Crippen LogP contribution in [0.3, 0.4) is 0 Å². The Bertz CT molecular complexity index is 1110. The van der Waals surface area contributed by atoms with Crippen molar-refractivity contribution in [3.05, 3.63) is 74.5 Å². The molecule has 0 aliphatic heterocycles. The smallest absolute Gasteiger partial charge is 0.304 e. The maximum Gasteiger partial charge on any atom is 0.304 e. The van der Waals surface area contributed by atoms with Crippen molar-refractivity contribution in [2.75, 3.05) is 5.32 Å². The molecule has 1 atom stereocenters. The zero-order valence-electron chi connectivity index (χ0n) is 14.0. The van der Waals surface area contributed by atoms with Crippen LogP contribution in [0, 0.1) is 10.1 Å². The van der Waals surface area contributed by atoms with Gasteiger partial charge in [-0.1, -0.05) is 35.3 Å². The van der Waals surface area contributed by atoms with Crippen LogP contribution in [0.25, 0.3) is 11.0 Å². The molecule has 0 aliphatic carbocycles. The first-order valence-corrected chi connectivity index (χ1v) is 8.55. The van der Waals surface area contributed by atoms with Crippen molar-refractivity contribution in [3.8, 4) is 0 Å². The summed E-state index contributed by atoms with van der Waals surface area (Å²) in [6.07, 6.45) is 1.21. The number of rotatable bonds is 5. The summed E-state index contributed by atoms with van der Waals surface area (Å²) in [4.78, 5) is 31.9. The SMILES string of the molecule is N/N=C(/C(=O)Nc1ccc(Cl)cc1Cl)[C@@H](c1cnc2ccccc2n1)[N+](=O)[O-]. The predicted octanol–water partition coefficient (Wildman–Crippen LogP) is 3.21. The summed E-state index contributed by atoms with van der Waals surface area (Å²) in [5.74, 6) is 4.40. The summed E-state index contributed by atoms with van der Waals surface area (Å²) in [5.41, 5.74) is 0.552. The van der Waals surface area contributed by atoms with Crippen molar-refractivity contribution in [2.45, 2.75) is 6.04 Å². The first-order valence-electron chi connectivity index (χ1n) is 7.80. The number of carbonyl (C=O) groups excluding carboxylic acids is 1. The van der Waals surface area contributed by atoms with Gasteiger partial charge in [-0.3, -0.25) is 19.9 Å². The predicted molar refractivity (Wildman–Crippen MR) is 106 cm³/mol. The average molecular weight is 419 g/mol. The largest absolute Gasteiger partial charge is 0.323 e. The van der Waals surface area contributed by atoms with E-state index in [2.05, 4.69) is 20.4 Å². The van der Waals surface area contributed by atoms with Gasteiger partial charge in [0.25, 0.3) is 5.91 Å². The van der Waals surface area contributed by atoms with Gasteiger partial charge in [-0.15, -0.1) is 0 Å². The van der Waals surface area contributed by atoms with E-state index in [1.54, 1.807) is 24.3 Å². The van der Waals surface area contributed by atoms with E-state index in [1.165, 1.54) is 24.4 Å². The number of amides is 1. The second kappa shape index (κ2) is 8.15. The van der Waals surface area contributed by atoms with Crippen LogP contribution in [-0.2, 0) is 4.79 Å². The van der Waals surface area contributed by atoms with Gasteiger partial charge in [0, 0.05) is 9.95 Å². The number of hydrogen-bond donors (Lipinski definition) is 2. The molecule has 3 rings (SSSR count). The number of benzene rings is 2. The number of nitrogens with one attached hydrogen (secondary N) is 1. The first-order chi connectivity index (χ1) is 13.4. The number of aromatic nitrogens is 2. The van der Waals surface area contributed by atoms with Crippen molar-refractivity contribution in [1.82, 2.24) is 9.97 Å². The first kappa shape index (κ1) is 19.5. The molecule has 3 aromatic rings. The number of halogens is 2. The minimum atomic E-state index is -1.71. The minimum absolute atomic E-state index is 0.0785. The van der Waals surface area contributed by atoms with Gasteiger partial charge >= 0.3 is 6.04 Å². The molecule has 3 N–H and O–H groups in total. The summed E-state index contributed by atoms with van der Waals surface area (Å²) >= 11 is 11.8. The Morgan fingerprint density at radius 3 is 2.57 bits per heavy atom. The van der Waals surface area contributed by atoms with E-state index in [0.29, 0.717) is 16.1 Å². The number of para-hydroxylation sites is 2. The Morgan fingerprint density at radius 1 is 1.21 bits per heavy atom. The molecule has 2 aromatic carbocycles. The van der Waals surface area contributed by atoms with Gasteiger partial charge in [0.2, 0.25) is 5.71 Å². The van der Waals surface area contributed by atoms with Gasteiger partial charge in [0.15, 0.2) is 0 Å². The second-order valence-corrected chi connectivity index (χ2v) is 6.41. The maximum atomic E-state index is 12.6. The highest BCUT2D eigenvalue weighted by molar-refractivity contribution is 6.45. The highest BCUT2D eigenvalue weighted by Crippen LogP contribution is 2.26. The van der Waals surface area contributed by atoms with E-state index in [-0.39, 0.29) is 16.4 Å². The standard InChI is InChI=1S/C17H12Cl2N6O3/c18-9-5-6-11(10(19)7-9)23-17(26)15(24-20)16(25(27)28)14-8-21-12-3-1-2-4-13(12)22-14/h1-8,16H,20H2,(H,23,26)/b24-15+/t16-/m1/s1. The maximum absolute atomic E-state index is 12.6. The van der Waals surface area contributed by atoms with Crippen LogP contribution in [-0.4, -0.2) is 26.5 Å². The van der Waals surface area contributed by atoms with Gasteiger partial charge in [-0.2, -0.15) is 5.10 Å². The van der Waals surface area contributed by atoms with Gasteiger partial charge in [-0.25, -0.2) is 4.98 Å². The molecule has 1 heterocycles. The fraction of sp³-hybridized carbons (Fsp3) is 0.0588. The number of hydrazone groups is 1. The number of carbonyl (C=O) groups is 1. The van der Waals surface area contributed by atoms with Gasteiger partial charge in [-0.05, 0) is 30.3 Å². The van der Waals surface area contributed by atoms with Crippen LogP contribution in [0.4, 0.5) is 5.69 Å². The monoisotopic (exact) mass is 418 g/mol. The Morgan fingerprint density at radius 2 is 1.93 bits per heavy atom. The minimum Gasteiger partial charge on any atom is -0.323 e. The molecule has 11 heteroatoms. The van der Waals surface area contributed by atoms with E-state index < -0.39 is 22.6 Å². The lowest BCUT2D eigenvalue weighted by atomic mass is 10.1. The second-order valence-electron chi connectivity index (χ2n) is 5.56. The quantitative estimate of drug-likeness (QED) is 0.282. The zero-order valence-corrected chi connectivity index (χ0v) is 15.6. The van der Waals surface area contributed by atoms with E-state index in [1.807, 2.05) is 0 Å². The van der Waals surface area contributed by atoms with Crippen molar-refractivity contribution in [3.63, 3.8) is 0 Å². The highest BCUT2D eigenvalue weighted by atomic mass is 35.5. The fourth-order valence-corrected chi connectivity index (χ4v) is 2.94. The number of nitro groups is 1. The molecule has 0 fully saturated rings. The molecule has 0 spiro atoms. The van der Waals surface area contributed by atoms with E-state index >= 15 is 0 Å². The average Bonchev–Trinajstić information content (AvgIpc) is 2.67. The fourth-order valence-electron chi connectivity index (χ4n) is 2.48. The molecule has 0 unspecified atom stereocenters. The number of fused-ring (bicyclic) bond motifs is 1. The van der Waals surface area contributed by atoms with Crippen LogP contribution in [0.15, 0.2) is 53.8 Å². The summed E-state index contributed by atoms with van der Waals surface area (Å²) in [6.45, 7) is 0. The lowest BCUT2D eigenvalue weighted by molar-refractivity contribution is -0.509. The van der Waals surface area contributed by atoms with Crippen molar-refractivity contribution < 1.29 is 9.72 Å².